The number of benzene rings is 2. The predicted octanol–water partition coefficient (Wildman–Crippen LogP) is 4.37. The van der Waals surface area contributed by atoms with Crippen molar-refractivity contribution in [3.63, 3.8) is 0 Å². The Morgan fingerprint density at radius 2 is 1.56 bits per heavy atom. The number of aromatic nitrogens is 3. The fourth-order valence-corrected chi connectivity index (χ4v) is 2.65. The van der Waals surface area contributed by atoms with Crippen molar-refractivity contribution in [2.24, 2.45) is 0 Å². The van der Waals surface area contributed by atoms with E-state index in [1.807, 2.05) is 30.3 Å². The first-order chi connectivity index (χ1) is 13.1. The highest BCUT2D eigenvalue weighted by molar-refractivity contribution is 5.93. The van der Waals surface area contributed by atoms with Gasteiger partial charge in [-0.25, -0.2) is 18.7 Å². The Hall–Kier alpha value is -3.81. The van der Waals surface area contributed by atoms with Gasteiger partial charge in [-0.15, -0.1) is 0 Å². The standard InChI is InChI=1S/C19H14F2N6/c20-12-6-7-14(13(21)9-12)26-18-16(22)19(25-10-24-18)27-15-5-1-3-11-4-2-8-23-17(11)15/h1-10H,22H2,(H2,24,25,26,27). The molecule has 0 fully saturated rings. The molecule has 0 bridgehead atoms. The van der Waals surface area contributed by atoms with Crippen molar-refractivity contribution in [1.82, 2.24) is 15.0 Å². The highest BCUT2D eigenvalue weighted by Gasteiger charge is 2.12. The molecule has 0 saturated heterocycles. The van der Waals surface area contributed by atoms with Crippen molar-refractivity contribution in [3.8, 4) is 0 Å². The molecule has 2 aromatic heterocycles. The van der Waals surface area contributed by atoms with Gasteiger partial charge in [-0.05, 0) is 24.3 Å². The summed E-state index contributed by atoms with van der Waals surface area (Å²) in [7, 11) is 0. The molecule has 0 radical (unpaired) electrons. The molecule has 0 atom stereocenters. The van der Waals surface area contributed by atoms with E-state index >= 15 is 0 Å². The van der Waals surface area contributed by atoms with Gasteiger partial charge < -0.3 is 16.4 Å². The number of rotatable bonds is 4. The summed E-state index contributed by atoms with van der Waals surface area (Å²) in [5.41, 5.74) is 7.86. The molecule has 4 rings (SSSR count). The van der Waals surface area contributed by atoms with Crippen molar-refractivity contribution in [1.29, 1.82) is 0 Å². The first kappa shape index (κ1) is 16.6. The van der Waals surface area contributed by atoms with Gasteiger partial charge in [0.05, 0.1) is 16.9 Å². The van der Waals surface area contributed by atoms with Crippen LogP contribution in [0.25, 0.3) is 10.9 Å². The number of anilines is 5. The van der Waals surface area contributed by atoms with E-state index < -0.39 is 11.6 Å². The Morgan fingerprint density at radius 1 is 0.815 bits per heavy atom. The fraction of sp³-hybridized carbons (Fsp3) is 0. The smallest absolute Gasteiger partial charge is 0.159 e. The van der Waals surface area contributed by atoms with E-state index in [-0.39, 0.29) is 17.2 Å². The summed E-state index contributed by atoms with van der Waals surface area (Å²) >= 11 is 0. The Kier molecular flexibility index (Phi) is 4.21. The van der Waals surface area contributed by atoms with E-state index in [0.29, 0.717) is 5.82 Å². The van der Waals surface area contributed by atoms with Crippen LogP contribution in [0, 0.1) is 11.6 Å². The molecule has 6 nitrogen and oxygen atoms in total. The molecule has 0 unspecified atom stereocenters. The van der Waals surface area contributed by atoms with Crippen molar-refractivity contribution in [2.45, 2.75) is 0 Å². The quantitative estimate of drug-likeness (QED) is 0.498. The first-order valence-electron chi connectivity index (χ1n) is 8.05. The normalized spacial score (nSPS) is 10.7. The molecule has 4 aromatic rings. The average molecular weight is 364 g/mol. The van der Waals surface area contributed by atoms with Gasteiger partial charge in [-0.2, -0.15) is 0 Å². The maximum Gasteiger partial charge on any atom is 0.159 e. The lowest BCUT2D eigenvalue weighted by molar-refractivity contribution is 0.586. The molecule has 27 heavy (non-hydrogen) atoms. The summed E-state index contributed by atoms with van der Waals surface area (Å²) in [6, 6.07) is 12.7. The number of fused-ring (bicyclic) bond motifs is 1. The van der Waals surface area contributed by atoms with Crippen LogP contribution in [0.2, 0.25) is 0 Å². The third-order valence-electron chi connectivity index (χ3n) is 3.95. The summed E-state index contributed by atoms with van der Waals surface area (Å²) in [6.45, 7) is 0. The topological polar surface area (TPSA) is 88.8 Å². The van der Waals surface area contributed by atoms with Crippen LogP contribution in [0.1, 0.15) is 0 Å². The molecule has 0 spiro atoms. The second kappa shape index (κ2) is 6.83. The van der Waals surface area contributed by atoms with Gasteiger partial charge >= 0.3 is 0 Å². The molecule has 2 heterocycles. The lowest BCUT2D eigenvalue weighted by Crippen LogP contribution is -2.06. The summed E-state index contributed by atoms with van der Waals surface area (Å²) in [5, 5.41) is 6.85. The SMILES string of the molecule is Nc1c(Nc2ccc(F)cc2F)ncnc1Nc1cccc2cccnc12. The van der Waals surface area contributed by atoms with E-state index in [4.69, 9.17) is 5.73 Å². The molecular formula is C19H14F2N6. The molecule has 0 aliphatic rings. The van der Waals surface area contributed by atoms with Crippen molar-refractivity contribution < 1.29 is 8.78 Å². The Labute approximate surface area is 153 Å². The van der Waals surface area contributed by atoms with E-state index in [0.717, 1.165) is 28.7 Å². The minimum atomic E-state index is -0.749. The molecule has 0 saturated carbocycles. The maximum atomic E-state index is 13.9. The van der Waals surface area contributed by atoms with Gasteiger partial charge in [0.25, 0.3) is 0 Å². The van der Waals surface area contributed by atoms with Crippen molar-refractivity contribution in [3.05, 3.63) is 72.7 Å². The van der Waals surface area contributed by atoms with Gasteiger partial charge in [0.15, 0.2) is 11.6 Å². The molecule has 0 amide bonds. The highest BCUT2D eigenvalue weighted by atomic mass is 19.1. The van der Waals surface area contributed by atoms with E-state index in [2.05, 4.69) is 25.6 Å². The summed E-state index contributed by atoms with van der Waals surface area (Å²) in [4.78, 5) is 12.6. The number of nitrogens with zero attached hydrogens (tertiary/aromatic N) is 3. The fourth-order valence-electron chi connectivity index (χ4n) is 2.65. The van der Waals surface area contributed by atoms with Gasteiger partial charge in [0.2, 0.25) is 0 Å². The zero-order valence-electron chi connectivity index (χ0n) is 13.9. The number of hydrogen-bond acceptors (Lipinski definition) is 6. The molecule has 4 N–H and O–H groups in total. The van der Waals surface area contributed by atoms with Gasteiger partial charge in [0.1, 0.15) is 23.6 Å². The van der Waals surface area contributed by atoms with Crippen LogP contribution in [-0.2, 0) is 0 Å². The third kappa shape index (κ3) is 3.32. The molecule has 8 heteroatoms. The van der Waals surface area contributed by atoms with Gasteiger partial charge in [0, 0.05) is 17.6 Å². The van der Waals surface area contributed by atoms with Crippen molar-refractivity contribution >= 4 is 39.6 Å². The number of nitrogens with two attached hydrogens (primary N) is 1. The number of hydrogen-bond donors (Lipinski definition) is 3. The monoisotopic (exact) mass is 364 g/mol. The average Bonchev–Trinajstić information content (AvgIpc) is 2.67. The number of para-hydroxylation sites is 1. The molecule has 134 valence electrons. The second-order valence-electron chi connectivity index (χ2n) is 5.74. The zero-order chi connectivity index (χ0) is 18.8. The van der Waals surface area contributed by atoms with E-state index in [1.54, 1.807) is 6.20 Å². The summed E-state index contributed by atoms with van der Waals surface area (Å²) in [6.07, 6.45) is 2.99. The second-order valence-corrected chi connectivity index (χ2v) is 5.74. The molecule has 0 aliphatic heterocycles. The minimum absolute atomic E-state index is 0.0552. The Balaban J connectivity index is 1.67. The number of halogens is 2. The van der Waals surface area contributed by atoms with Crippen LogP contribution in [0.15, 0.2) is 61.1 Å². The van der Waals surface area contributed by atoms with Gasteiger partial charge in [-0.3, -0.25) is 4.98 Å². The predicted molar refractivity (Wildman–Crippen MR) is 101 cm³/mol. The Morgan fingerprint density at radius 3 is 2.33 bits per heavy atom. The number of nitrogen functional groups attached to an aromatic ring is 1. The van der Waals surface area contributed by atoms with E-state index in [9.17, 15) is 8.78 Å². The number of nitrogens with one attached hydrogen (secondary N) is 2. The first-order valence-corrected chi connectivity index (χ1v) is 8.05. The summed E-state index contributed by atoms with van der Waals surface area (Å²) < 4.78 is 26.9. The van der Waals surface area contributed by atoms with Gasteiger partial charge in [-0.1, -0.05) is 18.2 Å². The largest absolute Gasteiger partial charge is 0.393 e. The van der Waals surface area contributed by atoms with E-state index in [1.165, 1.54) is 12.4 Å². The molecular weight excluding hydrogens is 350 g/mol. The maximum absolute atomic E-state index is 13.9. The molecule has 0 aliphatic carbocycles. The van der Waals surface area contributed by atoms with Crippen LogP contribution in [0.5, 0.6) is 0 Å². The molecule has 2 aromatic carbocycles. The number of pyridine rings is 1. The highest BCUT2D eigenvalue weighted by Crippen LogP contribution is 2.31. The Bertz CT molecular complexity index is 1130. The van der Waals surface area contributed by atoms with Crippen LogP contribution in [0.4, 0.5) is 37.5 Å². The van der Waals surface area contributed by atoms with Crippen LogP contribution < -0.4 is 16.4 Å². The van der Waals surface area contributed by atoms with Crippen molar-refractivity contribution in [2.75, 3.05) is 16.4 Å². The minimum Gasteiger partial charge on any atom is -0.393 e. The van der Waals surface area contributed by atoms with Crippen LogP contribution in [0.3, 0.4) is 0 Å². The summed E-state index contributed by atoms with van der Waals surface area (Å²) in [5.74, 6) is -0.875. The lowest BCUT2D eigenvalue weighted by atomic mass is 10.2. The lowest BCUT2D eigenvalue weighted by Gasteiger charge is -2.14. The van der Waals surface area contributed by atoms with Crippen LogP contribution >= 0.6 is 0 Å². The zero-order valence-corrected chi connectivity index (χ0v) is 13.9. The third-order valence-corrected chi connectivity index (χ3v) is 3.95. The van der Waals surface area contributed by atoms with Crippen LogP contribution in [-0.4, -0.2) is 15.0 Å².